The minimum atomic E-state index is -0.286. The zero-order valence-corrected chi connectivity index (χ0v) is 14.8. The van der Waals surface area contributed by atoms with Gasteiger partial charge in [-0.1, -0.05) is 30.0 Å². The molecule has 0 saturated carbocycles. The van der Waals surface area contributed by atoms with Gasteiger partial charge in [-0.05, 0) is 41.8 Å². The number of pyridine rings is 1. The minimum absolute atomic E-state index is 0.0408. The summed E-state index contributed by atoms with van der Waals surface area (Å²) in [4.78, 5) is 29.3. The molecule has 8 heteroatoms. The van der Waals surface area contributed by atoms with E-state index in [9.17, 15) is 9.59 Å². The minimum Gasteiger partial charge on any atom is -0.306 e. The molecular weight excluding hydrogens is 362 g/mol. The average molecular weight is 375 g/mol. The number of nitrogens with zero attached hydrogens (tertiary/aromatic N) is 3. The molecule has 7 nitrogen and oxygen atoms in total. The quantitative estimate of drug-likeness (QED) is 0.372. The van der Waals surface area contributed by atoms with Crippen molar-refractivity contribution in [2.45, 2.75) is 5.16 Å². The van der Waals surface area contributed by atoms with Gasteiger partial charge in [0.2, 0.25) is 0 Å². The fourth-order valence-electron chi connectivity index (χ4n) is 3.13. The highest BCUT2D eigenvalue weighted by Gasteiger charge is 2.13. The molecule has 0 bridgehead atoms. The molecule has 5 aromatic rings. The summed E-state index contributed by atoms with van der Waals surface area (Å²) in [5, 5.41) is 10.2. The van der Waals surface area contributed by atoms with E-state index in [1.54, 1.807) is 18.2 Å². The number of rotatable bonds is 4. The van der Waals surface area contributed by atoms with Gasteiger partial charge in [0.1, 0.15) is 0 Å². The zero-order chi connectivity index (χ0) is 18.4. The molecule has 0 aliphatic carbocycles. The van der Waals surface area contributed by atoms with Crippen LogP contribution in [0, 0.1) is 0 Å². The lowest BCUT2D eigenvalue weighted by Gasteiger charge is -2.04. The topological polar surface area (TPSA) is 95.9 Å². The number of carbonyl (C=O) groups excluding carboxylic acids is 1. The summed E-state index contributed by atoms with van der Waals surface area (Å²) in [6.45, 7) is 0. The van der Waals surface area contributed by atoms with Crippen molar-refractivity contribution < 1.29 is 4.79 Å². The Morgan fingerprint density at radius 1 is 1.00 bits per heavy atom. The molecule has 2 N–H and O–H groups in total. The lowest BCUT2D eigenvalue weighted by molar-refractivity contribution is 0.102. The van der Waals surface area contributed by atoms with Crippen molar-refractivity contribution in [3.63, 3.8) is 0 Å². The smallest absolute Gasteiger partial charge is 0.306 e. The van der Waals surface area contributed by atoms with Crippen LogP contribution < -0.4 is 5.69 Å². The number of aromatic amines is 2. The Balaban J connectivity index is 1.45. The summed E-state index contributed by atoms with van der Waals surface area (Å²) in [6, 6.07) is 17.0. The SMILES string of the molecule is O=C(CSc1nnc2ccc3ccccc3n12)c1ccc2[nH]c(=O)[nH]c2c1. The van der Waals surface area contributed by atoms with E-state index in [2.05, 4.69) is 20.2 Å². The third kappa shape index (κ3) is 2.70. The van der Waals surface area contributed by atoms with Gasteiger partial charge in [0.25, 0.3) is 0 Å². The van der Waals surface area contributed by atoms with Crippen LogP contribution >= 0.6 is 11.8 Å². The molecular formula is C19H13N5O2S. The first-order chi connectivity index (χ1) is 13.2. The maximum atomic E-state index is 12.6. The maximum absolute atomic E-state index is 12.6. The molecule has 5 rings (SSSR count). The van der Waals surface area contributed by atoms with Gasteiger partial charge in [0.15, 0.2) is 16.6 Å². The number of H-pyrrole nitrogens is 2. The second-order valence-electron chi connectivity index (χ2n) is 6.12. The summed E-state index contributed by atoms with van der Waals surface area (Å²) in [5.41, 5.74) is 3.31. The molecule has 2 aromatic carbocycles. The third-order valence-corrected chi connectivity index (χ3v) is 5.35. The van der Waals surface area contributed by atoms with Gasteiger partial charge in [-0.25, -0.2) is 4.79 Å². The monoisotopic (exact) mass is 375 g/mol. The van der Waals surface area contributed by atoms with Gasteiger partial charge >= 0.3 is 5.69 Å². The van der Waals surface area contributed by atoms with E-state index in [4.69, 9.17) is 0 Å². The first-order valence-corrected chi connectivity index (χ1v) is 9.28. The van der Waals surface area contributed by atoms with E-state index in [0.717, 1.165) is 16.6 Å². The number of nitrogens with one attached hydrogen (secondary N) is 2. The highest BCUT2D eigenvalue weighted by molar-refractivity contribution is 7.99. The molecule has 0 fully saturated rings. The summed E-state index contributed by atoms with van der Waals surface area (Å²) < 4.78 is 1.96. The summed E-state index contributed by atoms with van der Waals surface area (Å²) in [5.74, 6) is 0.186. The predicted octanol–water partition coefficient (Wildman–Crippen LogP) is 3.03. The van der Waals surface area contributed by atoms with Gasteiger partial charge < -0.3 is 9.97 Å². The lowest BCUT2D eigenvalue weighted by atomic mass is 10.1. The van der Waals surface area contributed by atoms with Crippen molar-refractivity contribution in [1.29, 1.82) is 0 Å². The Morgan fingerprint density at radius 2 is 1.85 bits per heavy atom. The molecule has 27 heavy (non-hydrogen) atoms. The van der Waals surface area contributed by atoms with Crippen LogP contribution in [0.5, 0.6) is 0 Å². The lowest BCUT2D eigenvalue weighted by Crippen LogP contribution is -2.03. The largest absolute Gasteiger partial charge is 0.323 e. The maximum Gasteiger partial charge on any atom is 0.323 e. The fraction of sp³-hybridized carbons (Fsp3) is 0.0526. The number of carbonyl (C=O) groups is 1. The van der Waals surface area contributed by atoms with Crippen LogP contribution in [0.25, 0.3) is 27.6 Å². The molecule has 0 saturated heterocycles. The highest BCUT2D eigenvalue weighted by atomic mass is 32.2. The van der Waals surface area contributed by atoms with Gasteiger partial charge in [-0.2, -0.15) is 0 Å². The van der Waals surface area contributed by atoms with Crippen LogP contribution in [-0.2, 0) is 0 Å². The Kier molecular flexibility index (Phi) is 3.58. The van der Waals surface area contributed by atoms with Gasteiger partial charge in [-0.15, -0.1) is 10.2 Å². The molecule has 0 atom stereocenters. The molecule has 132 valence electrons. The van der Waals surface area contributed by atoms with Crippen LogP contribution in [-0.4, -0.2) is 36.1 Å². The molecule has 0 aliphatic heterocycles. The van der Waals surface area contributed by atoms with Crippen LogP contribution in [0.1, 0.15) is 10.4 Å². The van der Waals surface area contributed by atoms with E-state index < -0.39 is 0 Å². The number of thioether (sulfide) groups is 1. The third-order valence-electron chi connectivity index (χ3n) is 4.42. The number of ketones is 1. The van der Waals surface area contributed by atoms with Crippen LogP contribution in [0.4, 0.5) is 0 Å². The van der Waals surface area contributed by atoms with Crippen LogP contribution in [0.3, 0.4) is 0 Å². The molecule has 0 aliphatic rings. The standard InChI is InChI=1S/C19H13N5O2S/c25-16(12-5-7-13-14(9-12)21-18(26)20-13)10-27-19-23-22-17-8-6-11-3-1-2-4-15(11)24(17)19/h1-9H,10H2,(H2,20,21,26). The van der Waals surface area contributed by atoms with Crippen molar-refractivity contribution in [2.24, 2.45) is 0 Å². The van der Waals surface area contributed by atoms with Gasteiger partial charge in [-0.3, -0.25) is 9.20 Å². The van der Waals surface area contributed by atoms with E-state index in [1.807, 2.05) is 40.8 Å². The number of benzene rings is 2. The average Bonchev–Trinajstić information content (AvgIpc) is 3.27. The number of para-hydroxylation sites is 1. The normalized spacial score (nSPS) is 11.6. The second-order valence-corrected chi connectivity index (χ2v) is 7.06. The van der Waals surface area contributed by atoms with E-state index in [-0.39, 0.29) is 17.2 Å². The first-order valence-electron chi connectivity index (χ1n) is 8.30. The molecule has 0 unspecified atom stereocenters. The summed E-state index contributed by atoms with van der Waals surface area (Å²) in [6.07, 6.45) is 0. The van der Waals surface area contributed by atoms with E-state index in [0.29, 0.717) is 21.8 Å². The van der Waals surface area contributed by atoms with E-state index >= 15 is 0 Å². The Hall–Kier alpha value is -3.39. The number of fused-ring (bicyclic) bond motifs is 4. The number of hydrogen-bond acceptors (Lipinski definition) is 5. The summed E-state index contributed by atoms with van der Waals surface area (Å²) in [7, 11) is 0. The summed E-state index contributed by atoms with van der Waals surface area (Å²) >= 11 is 1.35. The van der Waals surface area contributed by atoms with Crippen molar-refractivity contribution >= 4 is 45.1 Å². The number of imidazole rings is 1. The predicted molar refractivity (Wildman–Crippen MR) is 104 cm³/mol. The van der Waals surface area contributed by atoms with E-state index in [1.165, 1.54) is 11.8 Å². The second kappa shape index (κ2) is 6.10. The molecule has 0 amide bonds. The number of aromatic nitrogens is 5. The number of hydrogen-bond donors (Lipinski definition) is 2. The van der Waals surface area contributed by atoms with Crippen molar-refractivity contribution in [3.8, 4) is 0 Å². The van der Waals surface area contributed by atoms with Gasteiger partial charge in [0, 0.05) is 5.56 Å². The molecule has 3 heterocycles. The highest BCUT2D eigenvalue weighted by Crippen LogP contribution is 2.24. The van der Waals surface area contributed by atoms with Gasteiger partial charge in [0.05, 0.1) is 22.3 Å². The number of Topliss-reactive ketones (excluding diaryl/α,β-unsaturated/α-hetero) is 1. The molecule has 0 spiro atoms. The Morgan fingerprint density at radius 3 is 2.78 bits per heavy atom. The van der Waals surface area contributed by atoms with Crippen LogP contribution in [0.2, 0.25) is 0 Å². The molecule has 0 radical (unpaired) electrons. The van der Waals surface area contributed by atoms with Crippen LogP contribution in [0.15, 0.2) is 64.5 Å². The first kappa shape index (κ1) is 15.8. The van der Waals surface area contributed by atoms with Crippen molar-refractivity contribution in [3.05, 3.63) is 70.6 Å². The fourth-order valence-corrected chi connectivity index (χ4v) is 3.97. The van der Waals surface area contributed by atoms with Crippen molar-refractivity contribution in [1.82, 2.24) is 24.6 Å². The Bertz CT molecular complexity index is 1380. The van der Waals surface area contributed by atoms with Crippen molar-refractivity contribution in [2.75, 3.05) is 5.75 Å². The Labute approximate surface area is 156 Å². The molecule has 3 aromatic heterocycles. The zero-order valence-electron chi connectivity index (χ0n) is 14.0.